The minimum atomic E-state index is -6.00. The summed E-state index contributed by atoms with van der Waals surface area (Å²) in [6, 6.07) is 3.83. The molecule has 9 heteroatoms. The van der Waals surface area contributed by atoms with Gasteiger partial charge in [-0.15, -0.1) is 0 Å². The van der Waals surface area contributed by atoms with Crippen LogP contribution in [0.3, 0.4) is 0 Å². The van der Waals surface area contributed by atoms with E-state index in [1.807, 2.05) is 0 Å². The topological polar surface area (TPSA) is 28.1 Å². The molecule has 1 aromatic rings. The van der Waals surface area contributed by atoms with E-state index in [1.165, 1.54) is 18.2 Å². The first kappa shape index (κ1) is 13.8. The lowest BCUT2D eigenvalue weighted by Gasteiger charge is -1.94. The van der Waals surface area contributed by atoms with E-state index in [9.17, 15) is 21.7 Å². The zero-order valence-electron chi connectivity index (χ0n) is 6.97. The second-order valence-corrected chi connectivity index (χ2v) is 3.04. The fourth-order valence-corrected chi connectivity index (χ4v) is 0.993. The average molecular weight is 289 g/mol. The molecule has 0 saturated heterocycles. The molecule has 1 rings (SSSR count). The standard InChI is InChI=1S/C6H3BrFN2.BF4/c7-5-3-4(8)1-2-6(5)10-9;2-1(3,4)5/h1-3H;/q+1;-1. The Balaban J connectivity index is 0.000000336. The third-order valence-corrected chi connectivity index (χ3v) is 1.65. The van der Waals surface area contributed by atoms with Crippen molar-refractivity contribution >= 4 is 28.9 Å². The van der Waals surface area contributed by atoms with E-state index in [0.717, 1.165) is 0 Å². The molecule has 0 atom stereocenters. The first-order valence-corrected chi connectivity index (χ1v) is 4.21. The van der Waals surface area contributed by atoms with Crippen LogP contribution < -0.4 is 0 Å². The second-order valence-electron chi connectivity index (χ2n) is 2.19. The molecule has 0 heterocycles. The molecule has 0 aliphatic rings. The van der Waals surface area contributed by atoms with Crippen molar-refractivity contribution < 1.29 is 21.7 Å². The fourth-order valence-electron chi connectivity index (χ4n) is 0.562. The highest BCUT2D eigenvalue weighted by atomic mass is 79.9. The van der Waals surface area contributed by atoms with Gasteiger partial charge in [-0.1, -0.05) is 0 Å². The van der Waals surface area contributed by atoms with E-state index >= 15 is 0 Å². The van der Waals surface area contributed by atoms with Gasteiger partial charge in [0.25, 0.3) is 0 Å². The van der Waals surface area contributed by atoms with Crippen LogP contribution in [0.4, 0.5) is 27.3 Å². The molecule has 0 fully saturated rings. The summed E-state index contributed by atoms with van der Waals surface area (Å²) in [5.74, 6) is -0.362. The third kappa shape index (κ3) is 7.87. The lowest BCUT2D eigenvalue weighted by atomic mass is 10.3. The monoisotopic (exact) mass is 288 g/mol. The molecule has 1 aromatic carbocycles. The summed E-state index contributed by atoms with van der Waals surface area (Å²) in [6.07, 6.45) is 0. The number of nitrogens with zero attached hydrogens (tertiary/aromatic N) is 2. The van der Waals surface area contributed by atoms with Crippen molar-refractivity contribution in [3.63, 3.8) is 0 Å². The Morgan fingerprint density at radius 1 is 1.20 bits per heavy atom. The maximum absolute atomic E-state index is 12.3. The maximum Gasteiger partial charge on any atom is 0.673 e. The minimum absolute atomic E-state index is 0.321. The molecular weight excluding hydrogens is 286 g/mol. The van der Waals surface area contributed by atoms with Crippen LogP contribution in [-0.2, 0) is 0 Å². The van der Waals surface area contributed by atoms with E-state index in [1.54, 1.807) is 0 Å². The molecule has 0 spiro atoms. The van der Waals surface area contributed by atoms with E-state index < -0.39 is 7.25 Å². The number of rotatable bonds is 0. The highest BCUT2D eigenvalue weighted by Crippen LogP contribution is 2.25. The van der Waals surface area contributed by atoms with Crippen LogP contribution in [-0.4, -0.2) is 7.25 Å². The summed E-state index contributed by atoms with van der Waals surface area (Å²) >= 11 is 3.01. The van der Waals surface area contributed by atoms with Gasteiger partial charge in [0.1, 0.15) is 10.3 Å². The first-order chi connectivity index (χ1) is 6.74. The lowest BCUT2D eigenvalue weighted by Crippen LogP contribution is -2.02. The Morgan fingerprint density at radius 3 is 2.00 bits per heavy atom. The van der Waals surface area contributed by atoms with Crippen LogP contribution in [0.1, 0.15) is 0 Å². The van der Waals surface area contributed by atoms with Crippen LogP contribution in [0, 0.1) is 11.2 Å². The van der Waals surface area contributed by atoms with Crippen molar-refractivity contribution in [2.75, 3.05) is 0 Å². The summed E-state index contributed by atoms with van der Waals surface area (Å²) in [7, 11) is -6.00. The normalized spacial score (nSPS) is 9.93. The average Bonchev–Trinajstić information content (AvgIpc) is 2.01. The Labute approximate surface area is 89.9 Å². The number of halogens is 6. The number of diazo groups is 1. The second kappa shape index (κ2) is 5.65. The SMILES string of the molecule is F[B-](F)(F)F.N#[N+]c1ccc(F)cc1Br. The number of benzene rings is 1. The van der Waals surface area contributed by atoms with E-state index in [4.69, 9.17) is 5.39 Å². The summed E-state index contributed by atoms with van der Waals surface area (Å²) < 4.78 is 51.8. The van der Waals surface area contributed by atoms with Crippen molar-refractivity contribution in [2.45, 2.75) is 0 Å². The van der Waals surface area contributed by atoms with E-state index in [-0.39, 0.29) is 5.82 Å². The molecule has 0 N–H and O–H groups in total. The zero-order valence-corrected chi connectivity index (χ0v) is 8.56. The Kier molecular flexibility index (Phi) is 5.21. The van der Waals surface area contributed by atoms with E-state index in [0.29, 0.717) is 10.2 Å². The molecule has 0 bridgehead atoms. The van der Waals surface area contributed by atoms with Gasteiger partial charge < -0.3 is 17.3 Å². The lowest BCUT2D eigenvalue weighted by molar-refractivity contribution is 0.368. The van der Waals surface area contributed by atoms with Crippen molar-refractivity contribution in [2.24, 2.45) is 0 Å². The van der Waals surface area contributed by atoms with Gasteiger partial charge in [0, 0.05) is 6.07 Å². The van der Waals surface area contributed by atoms with E-state index in [2.05, 4.69) is 20.9 Å². The predicted octanol–water partition coefficient (Wildman–Crippen LogP) is 4.37. The third-order valence-electron chi connectivity index (χ3n) is 1.02. The summed E-state index contributed by atoms with van der Waals surface area (Å²) in [4.78, 5) is 2.90. The van der Waals surface area contributed by atoms with Crippen LogP contribution in [0.15, 0.2) is 22.7 Å². The van der Waals surface area contributed by atoms with Gasteiger partial charge in [-0.2, -0.15) is 0 Å². The van der Waals surface area contributed by atoms with Crippen LogP contribution in [0.2, 0.25) is 0 Å². The van der Waals surface area contributed by atoms with Gasteiger partial charge in [-0.3, -0.25) is 0 Å². The largest absolute Gasteiger partial charge is 0.673 e. The summed E-state index contributed by atoms with van der Waals surface area (Å²) in [5.41, 5.74) is 0.321. The molecule has 0 saturated carbocycles. The van der Waals surface area contributed by atoms with Crippen LogP contribution in [0.5, 0.6) is 0 Å². The predicted molar refractivity (Wildman–Crippen MR) is 49.0 cm³/mol. The molecule has 0 aliphatic heterocycles. The summed E-state index contributed by atoms with van der Waals surface area (Å²) in [5, 5.41) is 8.28. The molecule has 2 nitrogen and oxygen atoms in total. The summed E-state index contributed by atoms with van der Waals surface area (Å²) in [6.45, 7) is 0. The van der Waals surface area contributed by atoms with Crippen molar-refractivity contribution in [3.05, 3.63) is 33.5 Å². The van der Waals surface area contributed by atoms with Crippen molar-refractivity contribution in [3.8, 4) is 0 Å². The van der Waals surface area contributed by atoms with Gasteiger partial charge in [0.05, 0.1) is 0 Å². The van der Waals surface area contributed by atoms with Gasteiger partial charge >= 0.3 is 12.9 Å². The van der Waals surface area contributed by atoms with Gasteiger partial charge in [0.15, 0.2) is 4.98 Å². The van der Waals surface area contributed by atoms with Gasteiger partial charge in [-0.05, 0) is 28.1 Å². The quantitative estimate of drug-likeness (QED) is 0.396. The Bertz CT molecular complexity index is 369. The zero-order chi connectivity index (χ0) is 12.1. The molecule has 15 heavy (non-hydrogen) atoms. The smallest absolute Gasteiger partial charge is 0.418 e. The molecule has 0 radical (unpaired) electrons. The first-order valence-electron chi connectivity index (χ1n) is 3.41. The fraction of sp³-hybridized carbons (Fsp3) is 0. The van der Waals surface area contributed by atoms with Crippen molar-refractivity contribution in [1.29, 1.82) is 5.39 Å². The molecule has 0 unspecified atom stereocenters. The number of hydrogen-bond acceptors (Lipinski definition) is 1. The highest BCUT2D eigenvalue weighted by Gasteiger charge is 2.20. The van der Waals surface area contributed by atoms with Crippen LogP contribution in [0.25, 0.3) is 4.98 Å². The van der Waals surface area contributed by atoms with Crippen molar-refractivity contribution in [1.82, 2.24) is 0 Å². The molecular formula is C6H3BBrF5N2. The number of hydrogen-bond donors (Lipinski definition) is 0. The van der Waals surface area contributed by atoms with Gasteiger partial charge in [-0.25, -0.2) is 4.39 Å². The Hall–Kier alpha value is -1.17. The Morgan fingerprint density at radius 2 is 1.67 bits per heavy atom. The molecule has 0 aliphatic carbocycles. The van der Waals surface area contributed by atoms with Crippen LogP contribution >= 0.6 is 15.9 Å². The molecule has 0 amide bonds. The molecule has 82 valence electrons. The maximum atomic E-state index is 12.3. The minimum Gasteiger partial charge on any atom is -0.418 e. The molecule has 0 aromatic heterocycles. The highest BCUT2D eigenvalue weighted by molar-refractivity contribution is 9.10. The van der Waals surface area contributed by atoms with Gasteiger partial charge in [0.2, 0.25) is 5.39 Å².